The molecule has 0 spiro atoms. The Labute approximate surface area is 197 Å². The number of carboxylic acids is 1. The molecule has 1 aliphatic rings. The second-order valence-corrected chi connectivity index (χ2v) is 8.09. The number of aryl methyl sites for hydroxylation is 1. The van der Waals surface area contributed by atoms with Crippen molar-refractivity contribution in [1.29, 1.82) is 0 Å². The number of halogens is 1. The van der Waals surface area contributed by atoms with Gasteiger partial charge >= 0.3 is 5.97 Å². The second-order valence-electron chi connectivity index (χ2n) is 8.09. The predicted octanol–water partition coefficient (Wildman–Crippen LogP) is 4.88. The zero-order valence-corrected chi connectivity index (χ0v) is 18.8. The molecule has 0 aliphatic carbocycles. The van der Waals surface area contributed by atoms with Gasteiger partial charge in [0, 0.05) is 24.2 Å². The molecule has 0 saturated heterocycles. The van der Waals surface area contributed by atoms with Gasteiger partial charge in [0.15, 0.2) is 0 Å². The van der Waals surface area contributed by atoms with Gasteiger partial charge in [-0.15, -0.1) is 0 Å². The monoisotopic (exact) mass is 459 g/mol. The first-order valence-corrected chi connectivity index (χ1v) is 11.2. The molecule has 174 valence electrons. The predicted molar refractivity (Wildman–Crippen MR) is 132 cm³/mol. The van der Waals surface area contributed by atoms with E-state index in [0.717, 1.165) is 35.5 Å². The minimum Gasteiger partial charge on any atom is -0.481 e. The summed E-state index contributed by atoms with van der Waals surface area (Å²) >= 11 is 0. The molecular formula is C27H26FN3O3. The van der Waals surface area contributed by atoms with Crippen LogP contribution in [0.25, 0.3) is 11.3 Å². The molecular weight excluding hydrogens is 433 g/mol. The number of aliphatic carboxylic acids is 1. The number of fused-ring (bicyclic) bond motifs is 1. The van der Waals surface area contributed by atoms with Crippen LogP contribution in [-0.2, 0) is 22.6 Å². The Bertz CT molecular complexity index is 1250. The number of carbonyl (C=O) groups excluding carboxylic acids is 1. The van der Waals surface area contributed by atoms with E-state index in [-0.39, 0.29) is 12.3 Å². The van der Waals surface area contributed by atoms with Crippen LogP contribution < -0.4 is 16.0 Å². The van der Waals surface area contributed by atoms with Gasteiger partial charge in [0.1, 0.15) is 5.82 Å². The highest BCUT2D eigenvalue weighted by Gasteiger charge is 2.29. The lowest BCUT2D eigenvalue weighted by Crippen LogP contribution is -2.12. The molecule has 4 rings (SSSR count). The summed E-state index contributed by atoms with van der Waals surface area (Å²) in [5, 5.41) is 18.5. The highest BCUT2D eigenvalue weighted by Crippen LogP contribution is 2.38. The lowest BCUT2D eigenvalue weighted by atomic mass is 9.97. The summed E-state index contributed by atoms with van der Waals surface area (Å²) in [6, 6.07) is 19.6. The van der Waals surface area contributed by atoms with Crippen molar-refractivity contribution in [2.75, 3.05) is 17.2 Å². The molecule has 0 atom stereocenters. The van der Waals surface area contributed by atoms with Crippen molar-refractivity contribution in [3.05, 3.63) is 94.8 Å². The number of rotatable bonds is 9. The Morgan fingerprint density at radius 1 is 1.03 bits per heavy atom. The fourth-order valence-electron chi connectivity index (χ4n) is 3.93. The van der Waals surface area contributed by atoms with Crippen LogP contribution in [0.5, 0.6) is 0 Å². The minimum absolute atomic E-state index is 0.0125. The van der Waals surface area contributed by atoms with Gasteiger partial charge in [-0.1, -0.05) is 37.3 Å². The van der Waals surface area contributed by atoms with Crippen LogP contribution in [0, 0.1) is 5.82 Å². The molecule has 6 nitrogen and oxygen atoms in total. The van der Waals surface area contributed by atoms with Crippen molar-refractivity contribution in [3.63, 3.8) is 0 Å². The van der Waals surface area contributed by atoms with Crippen LogP contribution in [0.2, 0.25) is 0 Å². The van der Waals surface area contributed by atoms with Crippen LogP contribution in [0.4, 0.5) is 15.8 Å². The number of hydrogen-bond acceptors (Lipinski definition) is 4. The molecule has 34 heavy (non-hydrogen) atoms. The molecule has 1 aliphatic heterocycles. The van der Waals surface area contributed by atoms with E-state index in [0.29, 0.717) is 28.9 Å². The third kappa shape index (κ3) is 5.32. The maximum Gasteiger partial charge on any atom is 0.303 e. The number of carbonyl (C=O) groups is 2. The van der Waals surface area contributed by atoms with Gasteiger partial charge < -0.3 is 21.1 Å². The van der Waals surface area contributed by atoms with Crippen LogP contribution >= 0.6 is 0 Å². The summed E-state index contributed by atoms with van der Waals surface area (Å²) in [6.45, 7) is 3.69. The van der Waals surface area contributed by atoms with E-state index in [1.165, 1.54) is 12.1 Å². The Hall–Kier alpha value is -3.97. The SMILES string of the molecule is CCNCc1ccc(N/C(=C2\C(=O)Nc3cc(F)ccc32)c2cccc(CCC(=O)O)c2)cc1. The summed E-state index contributed by atoms with van der Waals surface area (Å²) in [5.74, 6) is -1.63. The molecule has 3 aromatic carbocycles. The van der Waals surface area contributed by atoms with Crippen molar-refractivity contribution in [3.8, 4) is 0 Å². The molecule has 3 aromatic rings. The number of anilines is 2. The molecule has 1 heterocycles. The summed E-state index contributed by atoms with van der Waals surface area (Å²) in [5.41, 5.74) is 5.51. The average molecular weight is 460 g/mol. The normalized spacial score (nSPS) is 13.9. The summed E-state index contributed by atoms with van der Waals surface area (Å²) < 4.78 is 13.8. The van der Waals surface area contributed by atoms with Crippen LogP contribution in [0.1, 0.15) is 35.6 Å². The molecule has 0 radical (unpaired) electrons. The number of carboxylic acid groups (broad SMARTS) is 1. The van der Waals surface area contributed by atoms with Gasteiger partial charge in [0.25, 0.3) is 5.91 Å². The fourth-order valence-corrected chi connectivity index (χ4v) is 3.93. The van der Waals surface area contributed by atoms with Crippen LogP contribution in [-0.4, -0.2) is 23.5 Å². The number of hydrogen-bond donors (Lipinski definition) is 4. The van der Waals surface area contributed by atoms with Gasteiger partial charge in [-0.25, -0.2) is 4.39 Å². The second kappa shape index (κ2) is 10.3. The standard InChI is InChI=1S/C27H26FN3O3/c1-2-29-16-18-6-10-21(11-7-18)30-26(19-5-3-4-17(14-19)8-13-24(32)33)25-22-12-9-20(28)15-23(22)31-27(25)34/h3-7,9-12,14-15,29-30H,2,8,13,16H2,1H3,(H,31,34)(H,32,33)/b26-25-. The average Bonchev–Trinajstić information content (AvgIpc) is 3.15. The van der Waals surface area contributed by atoms with Crippen LogP contribution in [0.15, 0.2) is 66.7 Å². The van der Waals surface area contributed by atoms with Gasteiger partial charge in [0.2, 0.25) is 0 Å². The zero-order valence-electron chi connectivity index (χ0n) is 18.8. The first-order valence-electron chi connectivity index (χ1n) is 11.2. The lowest BCUT2D eigenvalue weighted by molar-refractivity contribution is -0.137. The van der Waals surface area contributed by atoms with Gasteiger partial charge in [-0.2, -0.15) is 0 Å². The smallest absolute Gasteiger partial charge is 0.303 e. The number of amides is 1. The van der Waals surface area contributed by atoms with Crippen molar-refractivity contribution in [2.45, 2.75) is 26.3 Å². The van der Waals surface area contributed by atoms with Gasteiger partial charge in [0.05, 0.1) is 17.0 Å². The van der Waals surface area contributed by atoms with Gasteiger partial charge in [-0.05, 0) is 66.1 Å². The summed E-state index contributed by atoms with van der Waals surface area (Å²) in [7, 11) is 0. The van der Waals surface area contributed by atoms with Gasteiger partial charge in [-0.3, -0.25) is 9.59 Å². The lowest BCUT2D eigenvalue weighted by Gasteiger charge is -2.16. The van der Waals surface area contributed by atoms with E-state index in [1.54, 1.807) is 6.07 Å². The topological polar surface area (TPSA) is 90.5 Å². The van der Waals surface area contributed by atoms with E-state index in [4.69, 9.17) is 5.11 Å². The molecule has 0 fully saturated rings. The molecule has 7 heteroatoms. The maximum atomic E-state index is 13.8. The first-order chi connectivity index (χ1) is 16.4. The summed E-state index contributed by atoms with van der Waals surface area (Å²) in [6.07, 6.45) is 0.386. The highest BCUT2D eigenvalue weighted by atomic mass is 19.1. The Balaban J connectivity index is 1.77. The van der Waals surface area contributed by atoms with Crippen LogP contribution in [0.3, 0.4) is 0 Å². The molecule has 0 bridgehead atoms. The van der Waals surface area contributed by atoms with E-state index < -0.39 is 11.8 Å². The minimum atomic E-state index is -0.870. The zero-order chi connectivity index (χ0) is 24.1. The molecule has 0 aromatic heterocycles. The Morgan fingerprint density at radius 2 is 1.82 bits per heavy atom. The Morgan fingerprint density at radius 3 is 2.56 bits per heavy atom. The highest BCUT2D eigenvalue weighted by molar-refractivity contribution is 6.37. The van der Waals surface area contributed by atoms with Crippen molar-refractivity contribution < 1.29 is 19.1 Å². The summed E-state index contributed by atoms with van der Waals surface area (Å²) in [4.78, 5) is 24.0. The van der Waals surface area contributed by atoms with Crippen molar-refractivity contribution >= 4 is 34.5 Å². The first kappa shape index (κ1) is 23.2. The largest absolute Gasteiger partial charge is 0.481 e. The third-order valence-corrected chi connectivity index (χ3v) is 5.62. The molecule has 0 unspecified atom stereocenters. The molecule has 1 amide bonds. The van der Waals surface area contributed by atoms with E-state index in [2.05, 4.69) is 22.9 Å². The van der Waals surface area contributed by atoms with E-state index in [9.17, 15) is 14.0 Å². The quantitative estimate of drug-likeness (QED) is 0.342. The molecule has 0 saturated carbocycles. The van der Waals surface area contributed by atoms with E-state index in [1.807, 2.05) is 48.5 Å². The van der Waals surface area contributed by atoms with Crippen molar-refractivity contribution in [1.82, 2.24) is 5.32 Å². The number of benzene rings is 3. The van der Waals surface area contributed by atoms with E-state index >= 15 is 0 Å². The number of nitrogens with one attached hydrogen (secondary N) is 3. The molecule has 4 N–H and O–H groups in total. The third-order valence-electron chi connectivity index (χ3n) is 5.62. The fraction of sp³-hybridized carbons (Fsp3) is 0.185. The Kier molecular flexibility index (Phi) is 7.04. The van der Waals surface area contributed by atoms with Crippen molar-refractivity contribution in [2.24, 2.45) is 0 Å². The maximum absolute atomic E-state index is 13.8.